The van der Waals surface area contributed by atoms with Gasteiger partial charge in [0.2, 0.25) is 0 Å². The minimum absolute atomic E-state index is 0.230. The normalized spacial score (nSPS) is 16.6. The molecule has 1 saturated carbocycles. The first-order valence-electron chi connectivity index (χ1n) is 4.77. The molecule has 0 spiro atoms. The van der Waals surface area contributed by atoms with Gasteiger partial charge >= 0.3 is 0 Å². The van der Waals surface area contributed by atoms with Gasteiger partial charge < -0.3 is 5.73 Å². The van der Waals surface area contributed by atoms with Crippen LogP contribution in [0.5, 0.6) is 0 Å². The van der Waals surface area contributed by atoms with Crippen molar-refractivity contribution in [3.05, 3.63) is 22.7 Å². The highest BCUT2D eigenvalue weighted by molar-refractivity contribution is 9.10. The Bertz CT molecular complexity index is 480. The monoisotopic (exact) mass is 289 g/mol. The molecule has 1 fully saturated rings. The van der Waals surface area contributed by atoms with Gasteiger partial charge in [0.25, 0.3) is 0 Å². The second-order valence-electron chi connectivity index (χ2n) is 3.91. The van der Waals surface area contributed by atoms with E-state index >= 15 is 0 Å². The molecule has 1 aromatic rings. The molecule has 1 aromatic carbocycles. The van der Waals surface area contributed by atoms with Crippen LogP contribution in [0.2, 0.25) is 0 Å². The van der Waals surface area contributed by atoms with Gasteiger partial charge in [-0.1, -0.05) is 15.9 Å². The zero-order valence-electron chi connectivity index (χ0n) is 8.11. The summed E-state index contributed by atoms with van der Waals surface area (Å²) in [6.45, 7) is 0. The van der Waals surface area contributed by atoms with E-state index in [4.69, 9.17) is 5.73 Å². The van der Waals surface area contributed by atoms with Crippen molar-refractivity contribution in [2.75, 3.05) is 11.5 Å². The van der Waals surface area contributed by atoms with Crippen LogP contribution in [-0.4, -0.2) is 14.2 Å². The van der Waals surface area contributed by atoms with E-state index in [0.29, 0.717) is 11.6 Å². The van der Waals surface area contributed by atoms with Crippen LogP contribution >= 0.6 is 15.9 Å². The number of anilines is 1. The standard InChI is InChI=1S/C10H12BrNO2S/c11-8-3-4-9(12)10(5-8)15(13,14)6-7-1-2-7/h3-5,7H,1-2,6,12H2. The molecule has 0 heterocycles. The Labute approximate surface area is 97.7 Å². The predicted molar refractivity (Wildman–Crippen MR) is 63.3 cm³/mol. The molecule has 0 amide bonds. The molecule has 3 nitrogen and oxygen atoms in total. The molecule has 0 saturated heterocycles. The molecule has 0 aromatic heterocycles. The third-order valence-corrected chi connectivity index (χ3v) is 4.89. The van der Waals surface area contributed by atoms with Gasteiger partial charge in [0.1, 0.15) is 0 Å². The SMILES string of the molecule is Nc1ccc(Br)cc1S(=O)(=O)CC1CC1. The van der Waals surface area contributed by atoms with E-state index in [1.165, 1.54) is 0 Å². The molecule has 1 aliphatic carbocycles. The van der Waals surface area contributed by atoms with E-state index in [0.717, 1.165) is 17.3 Å². The molecular weight excluding hydrogens is 278 g/mol. The van der Waals surface area contributed by atoms with Crippen molar-refractivity contribution >= 4 is 31.5 Å². The van der Waals surface area contributed by atoms with E-state index in [2.05, 4.69) is 15.9 Å². The summed E-state index contributed by atoms with van der Waals surface area (Å²) in [6.07, 6.45) is 2.04. The molecule has 0 bridgehead atoms. The van der Waals surface area contributed by atoms with Gasteiger partial charge in [-0.3, -0.25) is 0 Å². The quantitative estimate of drug-likeness (QED) is 0.868. The largest absolute Gasteiger partial charge is 0.398 e. The molecule has 2 N–H and O–H groups in total. The van der Waals surface area contributed by atoms with Crippen LogP contribution < -0.4 is 5.73 Å². The molecule has 0 unspecified atom stereocenters. The molecule has 1 aliphatic rings. The van der Waals surface area contributed by atoms with E-state index in [1.807, 2.05) is 0 Å². The van der Waals surface area contributed by atoms with Gasteiger partial charge in [-0.15, -0.1) is 0 Å². The van der Waals surface area contributed by atoms with E-state index in [9.17, 15) is 8.42 Å². The first kappa shape index (κ1) is 11.0. The Hall–Kier alpha value is -0.550. The number of rotatable bonds is 3. The number of sulfone groups is 1. The maximum absolute atomic E-state index is 12.0. The van der Waals surface area contributed by atoms with Crippen molar-refractivity contribution in [2.45, 2.75) is 17.7 Å². The summed E-state index contributed by atoms with van der Waals surface area (Å²) in [4.78, 5) is 0.253. The van der Waals surface area contributed by atoms with Gasteiger partial charge in [-0.25, -0.2) is 8.42 Å². The summed E-state index contributed by atoms with van der Waals surface area (Å²) in [5.74, 6) is 0.571. The van der Waals surface area contributed by atoms with Crippen LogP contribution in [0.3, 0.4) is 0 Å². The number of halogens is 1. The Morgan fingerprint density at radius 2 is 2.07 bits per heavy atom. The third kappa shape index (κ3) is 2.52. The van der Waals surface area contributed by atoms with Gasteiger partial charge in [-0.2, -0.15) is 0 Å². The zero-order chi connectivity index (χ0) is 11.1. The summed E-state index contributed by atoms with van der Waals surface area (Å²) >= 11 is 3.25. The van der Waals surface area contributed by atoms with Crippen LogP contribution in [0.4, 0.5) is 5.69 Å². The number of nitrogens with two attached hydrogens (primary N) is 1. The molecule has 5 heteroatoms. The number of nitrogen functional groups attached to an aromatic ring is 1. The molecule has 82 valence electrons. The average Bonchev–Trinajstić information content (AvgIpc) is 2.92. The summed E-state index contributed by atoms with van der Waals surface area (Å²) in [7, 11) is -3.21. The Morgan fingerprint density at radius 1 is 1.40 bits per heavy atom. The first-order chi connectivity index (χ1) is 6.99. The van der Waals surface area contributed by atoms with Crippen molar-refractivity contribution in [3.63, 3.8) is 0 Å². The van der Waals surface area contributed by atoms with Crippen molar-refractivity contribution in [2.24, 2.45) is 5.92 Å². The Balaban J connectivity index is 2.38. The number of benzene rings is 1. The predicted octanol–water partition coefficient (Wildman–Crippen LogP) is 2.21. The first-order valence-corrected chi connectivity index (χ1v) is 7.21. The lowest BCUT2D eigenvalue weighted by Gasteiger charge is -2.07. The Kier molecular flexibility index (Phi) is 2.77. The third-order valence-electron chi connectivity index (χ3n) is 2.46. The lowest BCUT2D eigenvalue weighted by atomic mass is 10.3. The van der Waals surface area contributed by atoms with Crippen molar-refractivity contribution < 1.29 is 8.42 Å². The lowest BCUT2D eigenvalue weighted by Crippen LogP contribution is -2.10. The molecule has 15 heavy (non-hydrogen) atoms. The van der Waals surface area contributed by atoms with Crippen LogP contribution in [0, 0.1) is 5.92 Å². The van der Waals surface area contributed by atoms with Crippen LogP contribution in [0.15, 0.2) is 27.6 Å². The van der Waals surface area contributed by atoms with Crippen molar-refractivity contribution in [1.82, 2.24) is 0 Å². The summed E-state index contributed by atoms with van der Waals surface area (Å²) in [5.41, 5.74) is 6.00. The fourth-order valence-corrected chi connectivity index (χ4v) is 3.84. The molecule has 0 atom stereocenters. The fourth-order valence-electron chi connectivity index (χ4n) is 1.46. The molecule has 0 aliphatic heterocycles. The summed E-state index contributed by atoms with van der Waals surface area (Å²) in [6, 6.07) is 4.93. The summed E-state index contributed by atoms with van der Waals surface area (Å²) < 4.78 is 24.7. The second kappa shape index (κ2) is 3.79. The van der Waals surface area contributed by atoms with Crippen molar-refractivity contribution in [3.8, 4) is 0 Å². The topological polar surface area (TPSA) is 60.2 Å². The van der Waals surface area contributed by atoms with Crippen molar-refractivity contribution in [1.29, 1.82) is 0 Å². The van der Waals surface area contributed by atoms with Crippen LogP contribution in [0.25, 0.3) is 0 Å². The zero-order valence-corrected chi connectivity index (χ0v) is 10.5. The van der Waals surface area contributed by atoms with E-state index in [1.54, 1.807) is 18.2 Å². The maximum atomic E-state index is 12.0. The van der Waals surface area contributed by atoms with E-state index in [-0.39, 0.29) is 10.6 Å². The lowest BCUT2D eigenvalue weighted by molar-refractivity contribution is 0.592. The van der Waals surface area contributed by atoms with Gasteiger partial charge in [-0.05, 0) is 37.0 Å². The van der Waals surface area contributed by atoms with Gasteiger partial charge in [0, 0.05) is 4.47 Å². The Morgan fingerprint density at radius 3 is 2.67 bits per heavy atom. The smallest absolute Gasteiger partial charge is 0.180 e. The van der Waals surface area contributed by atoms with Gasteiger partial charge in [0.05, 0.1) is 16.3 Å². The maximum Gasteiger partial charge on any atom is 0.180 e. The highest BCUT2D eigenvalue weighted by atomic mass is 79.9. The fraction of sp³-hybridized carbons (Fsp3) is 0.400. The molecule has 2 rings (SSSR count). The number of hydrogen-bond donors (Lipinski definition) is 1. The van der Waals surface area contributed by atoms with Gasteiger partial charge in [0.15, 0.2) is 9.84 Å². The minimum Gasteiger partial charge on any atom is -0.398 e. The minimum atomic E-state index is -3.21. The summed E-state index contributed by atoms with van der Waals surface area (Å²) in [5, 5.41) is 0. The molecular formula is C10H12BrNO2S. The van der Waals surface area contributed by atoms with Crippen LogP contribution in [-0.2, 0) is 9.84 Å². The highest BCUT2D eigenvalue weighted by Crippen LogP contribution is 2.34. The highest BCUT2D eigenvalue weighted by Gasteiger charge is 2.30. The number of hydrogen-bond acceptors (Lipinski definition) is 3. The molecule has 0 radical (unpaired) electrons. The second-order valence-corrected chi connectivity index (χ2v) is 6.83. The van der Waals surface area contributed by atoms with E-state index < -0.39 is 9.84 Å². The van der Waals surface area contributed by atoms with Crippen LogP contribution in [0.1, 0.15) is 12.8 Å². The average molecular weight is 290 g/mol.